The van der Waals surface area contributed by atoms with Gasteiger partial charge in [0.25, 0.3) is 0 Å². The number of halogens is 2. The number of aromatic nitrogens is 2. The van der Waals surface area contributed by atoms with E-state index >= 15 is 0 Å². The van der Waals surface area contributed by atoms with Gasteiger partial charge in [0.1, 0.15) is 11.5 Å². The minimum absolute atomic E-state index is 0.244. The Kier molecular flexibility index (Phi) is 4.03. The number of nitrogens with zero attached hydrogens (tertiary/aromatic N) is 2. The van der Waals surface area contributed by atoms with Crippen LogP contribution in [0.1, 0.15) is 11.1 Å². The molecule has 0 fully saturated rings. The van der Waals surface area contributed by atoms with E-state index in [4.69, 9.17) is 5.73 Å². The first-order valence-electron chi connectivity index (χ1n) is 6.75. The third-order valence-corrected chi connectivity index (χ3v) is 3.86. The largest absolute Gasteiger partial charge is 0.330 e. The van der Waals surface area contributed by atoms with Crippen LogP contribution in [0.5, 0.6) is 0 Å². The van der Waals surface area contributed by atoms with Crippen molar-refractivity contribution in [3.05, 3.63) is 64.1 Å². The molecule has 0 saturated heterocycles. The second-order valence-electron chi connectivity index (χ2n) is 4.97. The van der Waals surface area contributed by atoms with E-state index in [9.17, 15) is 4.39 Å². The second-order valence-corrected chi connectivity index (χ2v) is 5.89. The van der Waals surface area contributed by atoms with Crippen LogP contribution in [0, 0.1) is 5.82 Å². The highest BCUT2D eigenvalue weighted by Crippen LogP contribution is 2.22. The summed E-state index contributed by atoms with van der Waals surface area (Å²) in [7, 11) is 0. The molecule has 1 aromatic carbocycles. The van der Waals surface area contributed by atoms with Crippen molar-refractivity contribution in [2.75, 3.05) is 6.54 Å². The van der Waals surface area contributed by atoms with Crippen molar-refractivity contribution in [1.29, 1.82) is 0 Å². The van der Waals surface area contributed by atoms with Crippen LogP contribution in [0.25, 0.3) is 11.0 Å². The van der Waals surface area contributed by atoms with Gasteiger partial charge in [0.05, 0.1) is 0 Å². The summed E-state index contributed by atoms with van der Waals surface area (Å²) in [5.41, 5.74) is 8.64. The van der Waals surface area contributed by atoms with Gasteiger partial charge in [-0.2, -0.15) is 0 Å². The summed E-state index contributed by atoms with van der Waals surface area (Å²) in [6.07, 6.45) is 4.64. The van der Waals surface area contributed by atoms with Gasteiger partial charge >= 0.3 is 0 Å². The highest BCUT2D eigenvalue weighted by molar-refractivity contribution is 9.10. The van der Waals surface area contributed by atoms with Crippen LogP contribution in [-0.4, -0.2) is 16.1 Å². The smallest absolute Gasteiger partial charge is 0.140 e. The van der Waals surface area contributed by atoms with Gasteiger partial charge in [-0.25, -0.2) is 9.37 Å². The van der Waals surface area contributed by atoms with Gasteiger partial charge in [0, 0.05) is 28.8 Å². The highest BCUT2D eigenvalue weighted by atomic mass is 79.9. The fourth-order valence-corrected chi connectivity index (χ4v) is 3.08. The van der Waals surface area contributed by atoms with Crippen LogP contribution in [0.3, 0.4) is 0 Å². The SMILES string of the molecule is NCCc1cn(Cc2cc(F)cc(Br)c2)c2ncccc12. The quantitative estimate of drug-likeness (QED) is 0.784. The number of pyridine rings is 1. The molecule has 3 nitrogen and oxygen atoms in total. The van der Waals surface area contributed by atoms with E-state index in [1.54, 1.807) is 12.3 Å². The summed E-state index contributed by atoms with van der Waals surface area (Å²) in [4.78, 5) is 4.44. The molecule has 3 rings (SSSR count). The third kappa shape index (κ3) is 2.99. The first-order valence-corrected chi connectivity index (χ1v) is 7.54. The van der Waals surface area contributed by atoms with Crippen molar-refractivity contribution in [2.45, 2.75) is 13.0 Å². The predicted octanol–water partition coefficient (Wildman–Crippen LogP) is 3.49. The van der Waals surface area contributed by atoms with E-state index < -0.39 is 0 Å². The highest BCUT2D eigenvalue weighted by Gasteiger charge is 2.09. The number of fused-ring (bicyclic) bond motifs is 1. The molecule has 3 aromatic rings. The zero-order valence-corrected chi connectivity index (χ0v) is 13.0. The standard InChI is InChI=1S/C16H15BrFN3/c17-13-6-11(7-14(18)8-13)9-21-10-12(3-4-19)15-2-1-5-20-16(15)21/h1-2,5-8,10H,3-4,9,19H2. The molecule has 0 aliphatic heterocycles. The van der Waals surface area contributed by atoms with E-state index in [-0.39, 0.29) is 5.82 Å². The van der Waals surface area contributed by atoms with Crippen molar-refractivity contribution >= 4 is 27.0 Å². The fraction of sp³-hybridized carbons (Fsp3) is 0.188. The van der Waals surface area contributed by atoms with Crippen LogP contribution in [0.2, 0.25) is 0 Å². The average Bonchev–Trinajstić information content (AvgIpc) is 2.77. The van der Waals surface area contributed by atoms with E-state index in [2.05, 4.69) is 27.1 Å². The number of benzene rings is 1. The minimum atomic E-state index is -0.244. The monoisotopic (exact) mass is 347 g/mol. The van der Waals surface area contributed by atoms with Gasteiger partial charge in [-0.05, 0) is 54.4 Å². The maximum Gasteiger partial charge on any atom is 0.140 e. The van der Waals surface area contributed by atoms with Gasteiger partial charge < -0.3 is 10.3 Å². The lowest BCUT2D eigenvalue weighted by Crippen LogP contribution is -2.02. The molecule has 0 aliphatic carbocycles. The molecule has 0 aliphatic rings. The molecule has 0 radical (unpaired) electrons. The molecular formula is C16H15BrFN3. The maximum absolute atomic E-state index is 13.5. The maximum atomic E-state index is 13.5. The number of hydrogen-bond acceptors (Lipinski definition) is 2. The van der Waals surface area contributed by atoms with E-state index in [1.165, 1.54) is 11.6 Å². The summed E-state index contributed by atoms with van der Waals surface area (Å²) in [5.74, 6) is -0.244. The lowest BCUT2D eigenvalue weighted by molar-refractivity contribution is 0.623. The van der Waals surface area contributed by atoms with Gasteiger partial charge in [0.15, 0.2) is 0 Å². The van der Waals surface area contributed by atoms with Crippen molar-refractivity contribution in [3.63, 3.8) is 0 Å². The lowest BCUT2D eigenvalue weighted by atomic mass is 10.2. The van der Waals surface area contributed by atoms with E-state index in [1.807, 2.05) is 22.8 Å². The number of nitrogens with two attached hydrogens (primary N) is 1. The van der Waals surface area contributed by atoms with Crippen molar-refractivity contribution in [2.24, 2.45) is 5.73 Å². The Morgan fingerprint density at radius 3 is 2.90 bits per heavy atom. The molecule has 0 saturated carbocycles. The Labute approximate surface area is 130 Å². The zero-order chi connectivity index (χ0) is 14.8. The molecule has 5 heteroatoms. The molecule has 108 valence electrons. The summed E-state index contributed by atoms with van der Waals surface area (Å²) in [6, 6.07) is 8.88. The van der Waals surface area contributed by atoms with E-state index in [0.717, 1.165) is 27.5 Å². The molecular weight excluding hydrogens is 333 g/mol. The van der Waals surface area contributed by atoms with Crippen molar-refractivity contribution < 1.29 is 4.39 Å². The fourth-order valence-electron chi connectivity index (χ4n) is 2.57. The van der Waals surface area contributed by atoms with Gasteiger partial charge in [-0.15, -0.1) is 0 Å². The Balaban J connectivity index is 2.04. The van der Waals surface area contributed by atoms with E-state index in [0.29, 0.717) is 13.1 Å². The predicted molar refractivity (Wildman–Crippen MR) is 85.7 cm³/mol. The summed E-state index contributed by atoms with van der Waals surface area (Å²) >= 11 is 3.32. The molecule has 0 atom stereocenters. The Morgan fingerprint density at radius 1 is 1.29 bits per heavy atom. The molecule has 2 N–H and O–H groups in total. The lowest BCUT2D eigenvalue weighted by Gasteiger charge is -2.06. The van der Waals surface area contributed by atoms with Crippen molar-refractivity contribution in [1.82, 2.24) is 9.55 Å². The third-order valence-electron chi connectivity index (χ3n) is 3.41. The first kappa shape index (κ1) is 14.2. The Morgan fingerprint density at radius 2 is 2.14 bits per heavy atom. The van der Waals surface area contributed by atoms with Gasteiger partial charge in [-0.3, -0.25) is 0 Å². The summed E-state index contributed by atoms with van der Waals surface area (Å²) < 4.78 is 16.3. The summed E-state index contributed by atoms with van der Waals surface area (Å²) in [5, 5.41) is 1.11. The van der Waals surface area contributed by atoms with Gasteiger partial charge in [0.2, 0.25) is 0 Å². The molecule has 0 spiro atoms. The van der Waals surface area contributed by atoms with Crippen LogP contribution in [-0.2, 0) is 13.0 Å². The van der Waals surface area contributed by atoms with Crippen molar-refractivity contribution in [3.8, 4) is 0 Å². The Bertz CT molecular complexity index is 762. The molecule has 21 heavy (non-hydrogen) atoms. The number of hydrogen-bond donors (Lipinski definition) is 1. The van der Waals surface area contributed by atoms with Gasteiger partial charge in [-0.1, -0.05) is 15.9 Å². The zero-order valence-electron chi connectivity index (χ0n) is 11.4. The van der Waals surface area contributed by atoms with Crippen LogP contribution < -0.4 is 5.73 Å². The molecule has 0 amide bonds. The minimum Gasteiger partial charge on any atom is -0.330 e. The van der Waals surface area contributed by atoms with Crippen LogP contribution >= 0.6 is 15.9 Å². The Hall–Kier alpha value is -1.72. The average molecular weight is 348 g/mol. The molecule has 2 aromatic heterocycles. The first-order chi connectivity index (χ1) is 10.2. The van der Waals surface area contributed by atoms with Crippen LogP contribution in [0.15, 0.2) is 47.2 Å². The topological polar surface area (TPSA) is 43.8 Å². The molecule has 0 bridgehead atoms. The summed E-state index contributed by atoms with van der Waals surface area (Å²) in [6.45, 7) is 1.17. The number of rotatable bonds is 4. The van der Waals surface area contributed by atoms with Crippen LogP contribution in [0.4, 0.5) is 4.39 Å². The molecule has 2 heterocycles. The second kappa shape index (κ2) is 5.95. The molecule has 0 unspecified atom stereocenters. The normalized spacial score (nSPS) is 11.2.